The molecule has 0 bridgehead atoms. The first-order chi connectivity index (χ1) is 11.2. The van der Waals surface area contributed by atoms with Crippen LogP contribution in [0, 0.1) is 11.3 Å². The molecule has 0 aromatic carbocycles. The Kier molecular flexibility index (Phi) is 5.67. The Labute approximate surface area is 144 Å². The molecule has 2 N–H and O–H groups in total. The fourth-order valence-corrected chi connectivity index (χ4v) is 3.56. The molecule has 0 aliphatic heterocycles. The van der Waals surface area contributed by atoms with Crippen LogP contribution in [0.5, 0.6) is 0 Å². The van der Waals surface area contributed by atoms with Gasteiger partial charge in [-0.05, 0) is 30.6 Å². The topological polar surface area (TPSA) is 76.0 Å². The molecule has 1 fully saturated rings. The molecule has 1 aromatic heterocycles. The molecule has 1 heterocycles. The highest BCUT2D eigenvalue weighted by atomic mass is 16.2. The SMILES string of the molecule is CCc1cc(NC(=O)C(=O)N[C@@H]2CCCC[C@H]2C(C)(C)C)n(C)n1. The van der Waals surface area contributed by atoms with Gasteiger partial charge in [0.1, 0.15) is 5.82 Å². The van der Waals surface area contributed by atoms with Crippen LogP contribution in [0.2, 0.25) is 0 Å². The zero-order valence-corrected chi connectivity index (χ0v) is 15.5. The number of aromatic nitrogens is 2. The molecule has 134 valence electrons. The highest BCUT2D eigenvalue weighted by Crippen LogP contribution is 2.37. The lowest BCUT2D eigenvalue weighted by molar-refractivity contribution is -0.137. The first-order valence-electron chi connectivity index (χ1n) is 8.87. The van der Waals surface area contributed by atoms with E-state index in [9.17, 15) is 9.59 Å². The number of nitrogens with zero attached hydrogens (tertiary/aromatic N) is 2. The van der Waals surface area contributed by atoms with Crippen LogP contribution in [0.25, 0.3) is 0 Å². The highest BCUT2D eigenvalue weighted by Gasteiger charge is 2.35. The Morgan fingerprint density at radius 2 is 1.92 bits per heavy atom. The Morgan fingerprint density at radius 1 is 1.25 bits per heavy atom. The minimum atomic E-state index is -0.626. The van der Waals surface area contributed by atoms with Crippen molar-refractivity contribution in [2.75, 3.05) is 5.32 Å². The van der Waals surface area contributed by atoms with E-state index in [2.05, 4.69) is 36.5 Å². The van der Waals surface area contributed by atoms with Gasteiger partial charge in [0, 0.05) is 19.2 Å². The number of hydrogen-bond acceptors (Lipinski definition) is 3. The molecule has 1 saturated carbocycles. The molecule has 0 saturated heterocycles. The number of nitrogens with one attached hydrogen (secondary N) is 2. The maximum Gasteiger partial charge on any atom is 0.314 e. The summed E-state index contributed by atoms with van der Waals surface area (Å²) in [6.07, 6.45) is 5.10. The van der Waals surface area contributed by atoms with E-state index in [1.54, 1.807) is 17.8 Å². The van der Waals surface area contributed by atoms with Gasteiger partial charge in [0.05, 0.1) is 5.69 Å². The minimum Gasteiger partial charge on any atom is -0.345 e. The third kappa shape index (κ3) is 4.36. The summed E-state index contributed by atoms with van der Waals surface area (Å²) in [6, 6.07) is 1.86. The minimum absolute atomic E-state index is 0.0646. The Hall–Kier alpha value is -1.85. The quantitative estimate of drug-likeness (QED) is 0.834. The van der Waals surface area contributed by atoms with E-state index in [-0.39, 0.29) is 11.5 Å². The van der Waals surface area contributed by atoms with E-state index >= 15 is 0 Å². The number of hydrogen-bond donors (Lipinski definition) is 2. The van der Waals surface area contributed by atoms with E-state index in [0.29, 0.717) is 11.7 Å². The van der Waals surface area contributed by atoms with Crippen molar-refractivity contribution in [2.45, 2.75) is 65.8 Å². The summed E-state index contributed by atoms with van der Waals surface area (Å²) in [7, 11) is 1.75. The molecular formula is C18H30N4O2. The zero-order chi connectivity index (χ0) is 17.9. The van der Waals surface area contributed by atoms with Gasteiger partial charge in [-0.1, -0.05) is 40.5 Å². The maximum atomic E-state index is 12.3. The molecule has 0 unspecified atom stereocenters. The second-order valence-electron chi connectivity index (χ2n) is 7.79. The van der Waals surface area contributed by atoms with Crippen LogP contribution < -0.4 is 10.6 Å². The van der Waals surface area contributed by atoms with Gasteiger partial charge in [-0.3, -0.25) is 14.3 Å². The van der Waals surface area contributed by atoms with Gasteiger partial charge >= 0.3 is 11.8 Å². The van der Waals surface area contributed by atoms with Gasteiger partial charge in [-0.2, -0.15) is 5.10 Å². The van der Waals surface area contributed by atoms with Gasteiger partial charge in [0.15, 0.2) is 0 Å². The van der Waals surface area contributed by atoms with Gasteiger partial charge in [0.25, 0.3) is 0 Å². The summed E-state index contributed by atoms with van der Waals surface area (Å²) in [5, 5.41) is 9.88. The van der Waals surface area contributed by atoms with Crippen molar-refractivity contribution in [3.63, 3.8) is 0 Å². The molecular weight excluding hydrogens is 304 g/mol. The fraction of sp³-hybridized carbons (Fsp3) is 0.722. The predicted octanol–water partition coefficient (Wildman–Crippen LogP) is 2.64. The van der Waals surface area contributed by atoms with Gasteiger partial charge in [-0.25, -0.2) is 0 Å². The van der Waals surface area contributed by atoms with E-state index in [4.69, 9.17) is 0 Å². The van der Waals surface area contributed by atoms with Crippen molar-refractivity contribution in [3.8, 4) is 0 Å². The molecule has 2 atom stereocenters. The Balaban J connectivity index is 1.99. The number of carbonyl (C=O) groups excluding carboxylic acids is 2. The molecule has 2 amide bonds. The van der Waals surface area contributed by atoms with Crippen LogP contribution in [0.15, 0.2) is 6.07 Å². The summed E-state index contributed by atoms with van der Waals surface area (Å²) < 4.78 is 1.59. The first-order valence-corrected chi connectivity index (χ1v) is 8.87. The van der Waals surface area contributed by atoms with Crippen LogP contribution in [-0.4, -0.2) is 27.6 Å². The average molecular weight is 334 g/mol. The van der Waals surface area contributed by atoms with Crippen LogP contribution in [-0.2, 0) is 23.1 Å². The first kappa shape index (κ1) is 18.5. The third-order valence-electron chi connectivity index (χ3n) is 4.94. The number of rotatable bonds is 3. The smallest absolute Gasteiger partial charge is 0.314 e. The number of carbonyl (C=O) groups is 2. The van der Waals surface area contributed by atoms with Gasteiger partial charge < -0.3 is 10.6 Å². The molecule has 2 rings (SSSR count). The van der Waals surface area contributed by atoms with E-state index in [0.717, 1.165) is 31.4 Å². The molecule has 24 heavy (non-hydrogen) atoms. The Bertz CT molecular complexity index is 601. The monoisotopic (exact) mass is 334 g/mol. The number of amides is 2. The average Bonchev–Trinajstić information content (AvgIpc) is 2.87. The molecule has 0 spiro atoms. The second-order valence-corrected chi connectivity index (χ2v) is 7.79. The molecule has 1 aliphatic carbocycles. The zero-order valence-electron chi connectivity index (χ0n) is 15.5. The van der Waals surface area contributed by atoms with Crippen molar-refractivity contribution in [2.24, 2.45) is 18.4 Å². The van der Waals surface area contributed by atoms with E-state index in [1.165, 1.54) is 6.42 Å². The van der Waals surface area contributed by atoms with Crippen molar-refractivity contribution >= 4 is 17.6 Å². The van der Waals surface area contributed by atoms with Crippen molar-refractivity contribution in [3.05, 3.63) is 11.8 Å². The summed E-state index contributed by atoms with van der Waals surface area (Å²) in [6.45, 7) is 8.59. The molecule has 1 aliphatic rings. The van der Waals surface area contributed by atoms with Crippen LogP contribution >= 0.6 is 0 Å². The lowest BCUT2D eigenvalue weighted by atomic mass is 9.69. The lowest BCUT2D eigenvalue weighted by Crippen LogP contribution is -2.49. The van der Waals surface area contributed by atoms with Crippen LogP contribution in [0.1, 0.15) is 59.1 Å². The maximum absolute atomic E-state index is 12.3. The summed E-state index contributed by atoms with van der Waals surface area (Å²) in [4.78, 5) is 24.6. The Morgan fingerprint density at radius 3 is 2.50 bits per heavy atom. The molecule has 6 nitrogen and oxygen atoms in total. The van der Waals surface area contributed by atoms with Crippen molar-refractivity contribution in [1.82, 2.24) is 15.1 Å². The van der Waals surface area contributed by atoms with Crippen LogP contribution in [0.4, 0.5) is 5.82 Å². The summed E-state index contributed by atoms with van der Waals surface area (Å²) >= 11 is 0. The van der Waals surface area contributed by atoms with Gasteiger partial charge in [0.2, 0.25) is 0 Å². The van der Waals surface area contributed by atoms with Crippen LogP contribution in [0.3, 0.4) is 0 Å². The summed E-state index contributed by atoms with van der Waals surface area (Å²) in [5.41, 5.74) is 1.00. The summed E-state index contributed by atoms with van der Waals surface area (Å²) in [5.74, 6) is -0.247. The standard InChI is InChI=1S/C18H30N4O2/c1-6-12-11-15(22(5)21-12)20-17(24)16(23)19-14-10-8-7-9-13(14)18(2,3)4/h11,13-14H,6-10H2,1-5H3,(H,19,23)(H,20,24)/t13-,14-/m1/s1. The van der Waals surface area contributed by atoms with Gasteiger partial charge in [-0.15, -0.1) is 0 Å². The van der Waals surface area contributed by atoms with Crippen molar-refractivity contribution in [1.29, 1.82) is 0 Å². The second kappa shape index (κ2) is 7.36. The number of aryl methyl sites for hydroxylation is 2. The molecule has 6 heteroatoms. The molecule has 0 radical (unpaired) electrons. The normalized spacial score (nSPS) is 21.4. The number of anilines is 1. The predicted molar refractivity (Wildman–Crippen MR) is 94.6 cm³/mol. The fourth-order valence-electron chi connectivity index (χ4n) is 3.56. The van der Waals surface area contributed by atoms with E-state index in [1.807, 2.05) is 6.92 Å². The largest absolute Gasteiger partial charge is 0.345 e. The lowest BCUT2D eigenvalue weighted by Gasteiger charge is -2.40. The third-order valence-corrected chi connectivity index (χ3v) is 4.94. The molecule has 1 aromatic rings. The highest BCUT2D eigenvalue weighted by molar-refractivity contribution is 6.39. The van der Waals surface area contributed by atoms with E-state index < -0.39 is 11.8 Å². The van der Waals surface area contributed by atoms with Crippen molar-refractivity contribution < 1.29 is 9.59 Å².